The van der Waals surface area contributed by atoms with Crippen molar-refractivity contribution in [1.82, 2.24) is 0 Å². The lowest BCUT2D eigenvalue weighted by Crippen LogP contribution is -2.24. The highest BCUT2D eigenvalue weighted by molar-refractivity contribution is 5.73. The number of carbonyl (C=O) groups is 1. The maximum Gasteiger partial charge on any atom is 0.119 e. The van der Waals surface area contributed by atoms with Crippen LogP contribution in [0.5, 0.6) is 11.5 Å². The summed E-state index contributed by atoms with van der Waals surface area (Å²) in [5.41, 5.74) is 6.78. The third-order valence-electron chi connectivity index (χ3n) is 6.23. The van der Waals surface area contributed by atoms with E-state index in [-0.39, 0.29) is 11.8 Å². The number of hydrogen-bond acceptors (Lipinski definition) is 5. The Kier molecular flexibility index (Phi) is 7.53. The topological polar surface area (TPSA) is 67.8 Å². The molecule has 1 aliphatic carbocycles. The average molecular weight is 460 g/mol. The number of aryl methyl sites for hydroxylation is 2. The maximum atomic E-state index is 11.0. The van der Waals surface area contributed by atoms with Crippen molar-refractivity contribution >= 4 is 5.97 Å². The molecule has 1 fully saturated rings. The molecule has 5 heteroatoms. The Morgan fingerprint density at radius 2 is 1.68 bits per heavy atom. The molecule has 4 rings (SSSR count). The monoisotopic (exact) mass is 459 g/mol. The first-order chi connectivity index (χ1) is 16.5. The van der Waals surface area contributed by atoms with E-state index in [4.69, 9.17) is 14.2 Å². The van der Waals surface area contributed by atoms with Crippen LogP contribution in [0.1, 0.15) is 41.5 Å². The molecule has 34 heavy (non-hydrogen) atoms. The molecule has 5 nitrogen and oxygen atoms in total. The molecule has 0 N–H and O–H groups in total. The van der Waals surface area contributed by atoms with Crippen LogP contribution >= 0.6 is 0 Å². The van der Waals surface area contributed by atoms with Crippen LogP contribution < -0.4 is 14.6 Å². The first-order valence-electron chi connectivity index (χ1n) is 11.8. The number of benzene rings is 3. The fourth-order valence-corrected chi connectivity index (χ4v) is 4.44. The zero-order valence-corrected chi connectivity index (χ0v) is 20.0. The van der Waals surface area contributed by atoms with Crippen molar-refractivity contribution in [2.45, 2.75) is 39.7 Å². The number of carboxylic acids is 1. The lowest BCUT2D eigenvalue weighted by atomic mass is 9.94. The van der Waals surface area contributed by atoms with Gasteiger partial charge in [-0.25, -0.2) is 0 Å². The number of rotatable bonds is 11. The molecule has 0 bridgehead atoms. The summed E-state index contributed by atoms with van der Waals surface area (Å²) < 4.78 is 17.2. The van der Waals surface area contributed by atoms with Crippen LogP contribution in [-0.4, -0.2) is 25.8 Å². The van der Waals surface area contributed by atoms with Crippen LogP contribution in [0.4, 0.5) is 0 Å². The minimum atomic E-state index is -0.959. The number of carbonyl (C=O) groups excluding carboxylic acids is 1. The molecule has 0 aliphatic heterocycles. The first-order valence-corrected chi connectivity index (χ1v) is 11.8. The summed E-state index contributed by atoms with van der Waals surface area (Å²) in [6, 6.07) is 20.2. The highest BCUT2D eigenvalue weighted by atomic mass is 16.5. The molecular formula is C29H31O5-. The van der Waals surface area contributed by atoms with Crippen LogP contribution in [0.3, 0.4) is 0 Å². The van der Waals surface area contributed by atoms with Crippen LogP contribution in [-0.2, 0) is 16.1 Å². The number of ether oxygens (including phenoxy) is 3. The molecule has 178 valence electrons. The van der Waals surface area contributed by atoms with Gasteiger partial charge in [-0.3, -0.25) is 0 Å². The standard InChI is InChI=1S/C29H32O5/c1-4-32-12-13-33-25-14-19(2)28(20(3)15-25)23-7-5-6-21(16-23)18-34-24-10-8-22(9-11-24)26-17-27(26)29(30)31/h5-11,14-16,26-27H,4,12-13,17-18H2,1-3H3,(H,30,31)/p-1. The van der Waals surface area contributed by atoms with E-state index in [0.717, 1.165) is 39.3 Å². The third kappa shape index (κ3) is 5.78. The SMILES string of the molecule is CCOCCOc1cc(C)c(-c2cccc(COc3ccc(C4CC4C(=O)[O-])cc3)c2)c(C)c1. The summed E-state index contributed by atoms with van der Waals surface area (Å²) in [6.45, 7) is 8.45. The van der Waals surface area contributed by atoms with Crippen LogP contribution in [0.2, 0.25) is 0 Å². The lowest BCUT2D eigenvalue weighted by Gasteiger charge is -2.15. The number of hydrogen-bond donors (Lipinski definition) is 0. The summed E-state index contributed by atoms with van der Waals surface area (Å²) in [4.78, 5) is 11.0. The molecule has 1 aliphatic rings. The molecule has 3 aromatic rings. The van der Waals surface area contributed by atoms with E-state index in [1.54, 1.807) is 0 Å². The van der Waals surface area contributed by atoms with Gasteiger partial charge in [0.05, 0.1) is 6.61 Å². The van der Waals surface area contributed by atoms with E-state index in [1.165, 1.54) is 5.56 Å². The molecule has 1 saturated carbocycles. The molecule has 0 spiro atoms. The number of carboxylic acid groups (broad SMARTS) is 1. The van der Waals surface area contributed by atoms with Crippen molar-refractivity contribution in [1.29, 1.82) is 0 Å². The Bertz CT molecular complexity index is 1110. The van der Waals surface area contributed by atoms with Crippen molar-refractivity contribution in [2.24, 2.45) is 5.92 Å². The molecule has 2 atom stereocenters. The van der Waals surface area contributed by atoms with Gasteiger partial charge in [0.1, 0.15) is 24.7 Å². The first kappa shape index (κ1) is 23.8. The Labute approximate surface area is 201 Å². The lowest BCUT2D eigenvalue weighted by molar-refractivity contribution is -0.308. The maximum absolute atomic E-state index is 11.0. The van der Waals surface area contributed by atoms with Crippen molar-refractivity contribution in [3.05, 3.63) is 82.9 Å². The van der Waals surface area contributed by atoms with Gasteiger partial charge in [0.2, 0.25) is 0 Å². The van der Waals surface area contributed by atoms with E-state index in [2.05, 4.69) is 50.2 Å². The van der Waals surface area contributed by atoms with Gasteiger partial charge in [0.25, 0.3) is 0 Å². The summed E-state index contributed by atoms with van der Waals surface area (Å²) in [5, 5.41) is 11.0. The van der Waals surface area contributed by atoms with Crippen molar-refractivity contribution in [3.63, 3.8) is 0 Å². The summed E-state index contributed by atoms with van der Waals surface area (Å²) in [6.07, 6.45) is 0.661. The van der Waals surface area contributed by atoms with E-state index in [9.17, 15) is 9.90 Å². The molecule has 2 unspecified atom stereocenters. The van der Waals surface area contributed by atoms with Crippen molar-refractivity contribution in [3.8, 4) is 22.6 Å². The molecule has 0 amide bonds. The summed E-state index contributed by atoms with van der Waals surface area (Å²) in [7, 11) is 0. The van der Waals surface area contributed by atoms with Gasteiger partial charge in [-0.2, -0.15) is 0 Å². The van der Waals surface area contributed by atoms with Crippen molar-refractivity contribution in [2.75, 3.05) is 19.8 Å². The number of aliphatic carboxylic acids is 1. The largest absolute Gasteiger partial charge is 0.550 e. The predicted molar refractivity (Wildman–Crippen MR) is 130 cm³/mol. The second-order valence-electron chi connectivity index (χ2n) is 8.80. The van der Waals surface area contributed by atoms with Gasteiger partial charge >= 0.3 is 0 Å². The fraction of sp³-hybridized carbons (Fsp3) is 0.345. The van der Waals surface area contributed by atoms with Crippen LogP contribution in [0, 0.1) is 19.8 Å². The minimum absolute atomic E-state index is 0.0728. The van der Waals surface area contributed by atoms with Gasteiger partial charge in [-0.05, 0) is 96.8 Å². The Morgan fingerprint density at radius 3 is 2.32 bits per heavy atom. The molecule has 0 saturated heterocycles. The van der Waals surface area contributed by atoms with Crippen LogP contribution in [0.25, 0.3) is 11.1 Å². The Morgan fingerprint density at radius 1 is 0.941 bits per heavy atom. The molecule has 3 aromatic carbocycles. The Hall–Kier alpha value is -3.31. The normalized spacial score (nSPS) is 16.8. The molecular weight excluding hydrogens is 428 g/mol. The van der Waals surface area contributed by atoms with E-state index >= 15 is 0 Å². The zero-order chi connectivity index (χ0) is 24.1. The zero-order valence-electron chi connectivity index (χ0n) is 20.0. The second-order valence-corrected chi connectivity index (χ2v) is 8.80. The quantitative estimate of drug-likeness (QED) is 0.385. The molecule has 0 heterocycles. The van der Waals surface area contributed by atoms with E-state index < -0.39 is 5.97 Å². The molecule has 0 aromatic heterocycles. The van der Waals surface area contributed by atoms with Crippen LogP contribution in [0.15, 0.2) is 60.7 Å². The smallest absolute Gasteiger partial charge is 0.119 e. The minimum Gasteiger partial charge on any atom is -0.550 e. The van der Waals surface area contributed by atoms with E-state index in [0.29, 0.717) is 32.8 Å². The van der Waals surface area contributed by atoms with Gasteiger partial charge in [0.15, 0.2) is 0 Å². The highest BCUT2D eigenvalue weighted by Gasteiger charge is 2.39. The van der Waals surface area contributed by atoms with Gasteiger partial charge in [-0.15, -0.1) is 0 Å². The van der Waals surface area contributed by atoms with Gasteiger partial charge < -0.3 is 24.1 Å². The third-order valence-corrected chi connectivity index (χ3v) is 6.23. The summed E-state index contributed by atoms with van der Waals surface area (Å²) >= 11 is 0. The highest BCUT2D eigenvalue weighted by Crippen LogP contribution is 2.47. The second kappa shape index (κ2) is 10.7. The van der Waals surface area contributed by atoms with E-state index in [1.807, 2.05) is 31.2 Å². The van der Waals surface area contributed by atoms with Crippen molar-refractivity contribution < 1.29 is 24.1 Å². The van der Waals surface area contributed by atoms with Gasteiger partial charge in [-0.1, -0.05) is 30.3 Å². The summed E-state index contributed by atoms with van der Waals surface area (Å²) in [5.74, 6) is 0.388. The average Bonchev–Trinajstić information content (AvgIpc) is 3.62. The Balaban J connectivity index is 1.40. The predicted octanol–water partition coefficient (Wildman–Crippen LogP) is 4.82. The van der Waals surface area contributed by atoms with Gasteiger partial charge in [0, 0.05) is 18.5 Å². The molecule has 0 radical (unpaired) electrons. The fourth-order valence-electron chi connectivity index (χ4n) is 4.44.